The van der Waals surface area contributed by atoms with Crippen molar-refractivity contribution in [3.63, 3.8) is 0 Å². The molecule has 0 atom stereocenters. The fourth-order valence-corrected chi connectivity index (χ4v) is 2.73. The molecule has 1 N–H and O–H groups in total. The molecule has 0 fully saturated rings. The van der Waals surface area contributed by atoms with Crippen molar-refractivity contribution in [1.82, 2.24) is 0 Å². The van der Waals surface area contributed by atoms with E-state index in [0.29, 0.717) is 11.4 Å². The fourth-order valence-electron chi connectivity index (χ4n) is 2.73. The lowest BCUT2D eigenvalue weighted by molar-refractivity contribution is -0.149. The summed E-state index contributed by atoms with van der Waals surface area (Å²) in [4.78, 5) is 23.8. The molecular weight excluding hydrogens is 342 g/mol. The number of carbonyl (C=O) groups excluding carboxylic acids is 2. The first kappa shape index (κ1) is 18.5. The monoisotopic (exact) mass is 363 g/mol. The Morgan fingerprint density at radius 1 is 0.889 bits per heavy atom. The van der Waals surface area contributed by atoms with Crippen LogP contribution in [0.2, 0.25) is 0 Å². The summed E-state index contributed by atoms with van der Waals surface area (Å²) < 4.78 is 10.4. The average Bonchev–Trinajstić information content (AvgIpc) is 2.67. The van der Waals surface area contributed by atoms with E-state index in [1.807, 2.05) is 68.4 Å². The quantitative estimate of drug-likeness (QED) is 0.672. The van der Waals surface area contributed by atoms with E-state index < -0.39 is 5.97 Å². The fraction of sp³-hybridized carbons (Fsp3) is 0.182. The zero-order chi connectivity index (χ0) is 19.2. The predicted molar refractivity (Wildman–Crippen MR) is 105 cm³/mol. The molecule has 0 aromatic heterocycles. The molecule has 0 unspecified atom stereocenters. The first-order chi connectivity index (χ1) is 13.0. The lowest BCUT2D eigenvalue weighted by Crippen LogP contribution is -2.24. The highest BCUT2D eigenvalue weighted by atomic mass is 16.6. The number of fused-ring (bicyclic) bond motifs is 1. The number of esters is 1. The SMILES string of the molecule is Cc1ccc(NC(=O)COC(=O)COc2ccc3ccccc3c2)c(C)c1. The third-order valence-electron chi connectivity index (χ3n) is 4.10. The van der Waals surface area contributed by atoms with Crippen LogP contribution in [0, 0.1) is 13.8 Å². The molecule has 138 valence electrons. The maximum Gasteiger partial charge on any atom is 0.344 e. The van der Waals surface area contributed by atoms with Crippen LogP contribution in [0.25, 0.3) is 10.8 Å². The summed E-state index contributed by atoms with van der Waals surface area (Å²) in [6.07, 6.45) is 0. The number of nitrogens with one attached hydrogen (secondary N) is 1. The molecule has 5 nitrogen and oxygen atoms in total. The molecule has 0 radical (unpaired) electrons. The highest BCUT2D eigenvalue weighted by Crippen LogP contribution is 2.20. The van der Waals surface area contributed by atoms with Crippen molar-refractivity contribution < 1.29 is 19.1 Å². The van der Waals surface area contributed by atoms with Gasteiger partial charge in [0, 0.05) is 5.69 Å². The zero-order valence-electron chi connectivity index (χ0n) is 15.3. The van der Waals surface area contributed by atoms with Crippen LogP contribution in [-0.4, -0.2) is 25.1 Å². The van der Waals surface area contributed by atoms with Gasteiger partial charge in [0.1, 0.15) is 5.75 Å². The van der Waals surface area contributed by atoms with Crippen LogP contribution >= 0.6 is 0 Å². The summed E-state index contributed by atoms with van der Waals surface area (Å²) in [6.45, 7) is 3.28. The number of anilines is 1. The Kier molecular flexibility index (Phi) is 5.71. The van der Waals surface area contributed by atoms with Crippen LogP contribution in [0.4, 0.5) is 5.69 Å². The van der Waals surface area contributed by atoms with Gasteiger partial charge in [0.25, 0.3) is 5.91 Å². The molecule has 3 rings (SSSR count). The molecule has 0 heterocycles. The van der Waals surface area contributed by atoms with Crippen molar-refractivity contribution in [3.05, 3.63) is 71.8 Å². The Labute approximate surface area is 157 Å². The maximum absolute atomic E-state index is 11.9. The molecule has 0 aliphatic heterocycles. The van der Waals surface area contributed by atoms with Gasteiger partial charge in [-0.1, -0.05) is 48.0 Å². The Bertz CT molecular complexity index is 981. The molecule has 0 bridgehead atoms. The first-order valence-electron chi connectivity index (χ1n) is 8.65. The van der Waals surface area contributed by atoms with E-state index >= 15 is 0 Å². The van der Waals surface area contributed by atoms with Crippen molar-refractivity contribution in [2.45, 2.75) is 13.8 Å². The van der Waals surface area contributed by atoms with E-state index in [1.54, 1.807) is 6.07 Å². The van der Waals surface area contributed by atoms with Gasteiger partial charge in [-0.05, 0) is 48.4 Å². The van der Waals surface area contributed by atoms with Gasteiger partial charge in [0.05, 0.1) is 0 Å². The van der Waals surface area contributed by atoms with Gasteiger partial charge in [-0.25, -0.2) is 4.79 Å². The number of hydrogen-bond acceptors (Lipinski definition) is 4. The Hall–Kier alpha value is -3.34. The number of benzene rings is 3. The van der Waals surface area contributed by atoms with Crippen molar-refractivity contribution in [3.8, 4) is 5.75 Å². The molecule has 0 spiro atoms. The van der Waals surface area contributed by atoms with Gasteiger partial charge in [-0.3, -0.25) is 4.79 Å². The second-order valence-corrected chi connectivity index (χ2v) is 6.32. The third kappa shape index (κ3) is 5.07. The van der Waals surface area contributed by atoms with Crippen molar-refractivity contribution in [2.75, 3.05) is 18.5 Å². The van der Waals surface area contributed by atoms with E-state index in [9.17, 15) is 9.59 Å². The minimum Gasteiger partial charge on any atom is -0.482 e. The van der Waals surface area contributed by atoms with Crippen molar-refractivity contribution >= 4 is 28.3 Å². The minimum absolute atomic E-state index is 0.255. The van der Waals surface area contributed by atoms with E-state index in [2.05, 4.69) is 5.32 Å². The molecule has 0 saturated carbocycles. The summed E-state index contributed by atoms with van der Waals surface area (Å²) in [5.41, 5.74) is 2.77. The third-order valence-corrected chi connectivity index (χ3v) is 4.10. The average molecular weight is 363 g/mol. The highest BCUT2D eigenvalue weighted by Gasteiger charge is 2.10. The maximum atomic E-state index is 11.9. The number of hydrogen-bond donors (Lipinski definition) is 1. The molecule has 3 aromatic carbocycles. The van der Waals surface area contributed by atoms with Crippen molar-refractivity contribution in [2.24, 2.45) is 0 Å². The standard InChI is InChI=1S/C22H21NO4/c1-15-7-10-20(16(2)11-15)23-21(24)13-27-22(25)14-26-19-9-8-17-5-3-4-6-18(17)12-19/h3-12H,13-14H2,1-2H3,(H,23,24). The smallest absolute Gasteiger partial charge is 0.344 e. The molecule has 0 aliphatic rings. The van der Waals surface area contributed by atoms with E-state index in [0.717, 1.165) is 21.9 Å². The largest absolute Gasteiger partial charge is 0.482 e. The van der Waals surface area contributed by atoms with Gasteiger partial charge in [0.15, 0.2) is 13.2 Å². The van der Waals surface area contributed by atoms with Crippen LogP contribution < -0.4 is 10.1 Å². The minimum atomic E-state index is -0.598. The second-order valence-electron chi connectivity index (χ2n) is 6.32. The topological polar surface area (TPSA) is 64.6 Å². The molecule has 1 amide bonds. The molecule has 27 heavy (non-hydrogen) atoms. The number of aryl methyl sites for hydroxylation is 2. The number of amides is 1. The number of carbonyl (C=O) groups is 2. The summed E-state index contributed by atoms with van der Waals surface area (Å²) in [5, 5.41) is 4.85. The van der Waals surface area contributed by atoms with Crippen LogP contribution in [0.15, 0.2) is 60.7 Å². The van der Waals surface area contributed by atoms with E-state index in [1.165, 1.54) is 0 Å². The van der Waals surface area contributed by atoms with Crippen LogP contribution in [-0.2, 0) is 14.3 Å². The summed E-state index contributed by atoms with van der Waals surface area (Å²) in [7, 11) is 0. The summed E-state index contributed by atoms with van der Waals surface area (Å²) in [5.74, 6) is -0.412. The Balaban J connectivity index is 1.46. The summed E-state index contributed by atoms with van der Waals surface area (Å²) >= 11 is 0. The molecule has 0 saturated heterocycles. The van der Waals surface area contributed by atoms with E-state index in [-0.39, 0.29) is 19.1 Å². The van der Waals surface area contributed by atoms with Gasteiger partial charge in [-0.2, -0.15) is 0 Å². The Morgan fingerprint density at radius 3 is 2.44 bits per heavy atom. The van der Waals surface area contributed by atoms with Gasteiger partial charge in [0.2, 0.25) is 0 Å². The molecule has 3 aromatic rings. The van der Waals surface area contributed by atoms with Crippen LogP contribution in [0.3, 0.4) is 0 Å². The van der Waals surface area contributed by atoms with Gasteiger partial charge in [-0.15, -0.1) is 0 Å². The second kappa shape index (κ2) is 8.36. The lowest BCUT2D eigenvalue weighted by atomic mass is 10.1. The van der Waals surface area contributed by atoms with Crippen molar-refractivity contribution in [1.29, 1.82) is 0 Å². The summed E-state index contributed by atoms with van der Waals surface area (Å²) in [6, 6.07) is 19.2. The number of ether oxygens (including phenoxy) is 2. The highest BCUT2D eigenvalue weighted by molar-refractivity contribution is 5.93. The van der Waals surface area contributed by atoms with Crippen LogP contribution in [0.5, 0.6) is 5.75 Å². The molecule has 0 aliphatic carbocycles. The van der Waals surface area contributed by atoms with Crippen LogP contribution in [0.1, 0.15) is 11.1 Å². The number of rotatable bonds is 6. The van der Waals surface area contributed by atoms with E-state index in [4.69, 9.17) is 9.47 Å². The molecule has 5 heteroatoms. The van der Waals surface area contributed by atoms with Gasteiger partial charge >= 0.3 is 5.97 Å². The normalized spacial score (nSPS) is 10.4. The Morgan fingerprint density at radius 2 is 1.67 bits per heavy atom. The molecular formula is C22H21NO4. The zero-order valence-corrected chi connectivity index (χ0v) is 15.3. The lowest BCUT2D eigenvalue weighted by Gasteiger charge is -2.10. The predicted octanol–water partition coefficient (Wildman–Crippen LogP) is 4.02. The first-order valence-corrected chi connectivity index (χ1v) is 8.65. The van der Waals surface area contributed by atoms with Gasteiger partial charge < -0.3 is 14.8 Å².